The number of amides is 1. The number of ether oxygens (including phenoxy) is 1. The van der Waals surface area contributed by atoms with Crippen LogP contribution in [0.25, 0.3) is 11.2 Å². The molecule has 0 radical (unpaired) electrons. The second-order valence-corrected chi connectivity index (χ2v) is 11.4. The molecule has 0 saturated carbocycles. The van der Waals surface area contributed by atoms with Crippen LogP contribution in [0, 0.1) is 0 Å². The maximum absolute atomic E-state index is 13.8. The van der Waals surface area contributed by atoms with Crippen LogP contribution in [0.4, 0.5) is 10.7 Å². The summed E-state index contributed by atoms with van der Waals surface area (Å²) in [7, 11) is 1.66. The van der Waals surface area contributed by atoms with Crippen LogP contribution >= 0.6 is 0 Å². The van der Waals surface area contributed by atoms with Crippen molar-refractivity contribution in [1.82, 2.24) is 24.0 Å². The minimum Gasteiger partial charge on any atom is -0.444 e. The molecule has 10 heteroatoms. The summed E-state index contributed by atoms with van der Waals surface area (Å²) in [6.45, 7) is 11.5. The molecule has 0 unspecified atom stereocenters. The minimum atomic E-state index is -0.581. The van der Waals surface area contributed by atoms with Crippen LogP contribution in [-0.4, -0.2) is 49.5 Å². The molecule has 10 nitrogen and oxygen atoms in total. The molecule has 39 heavy (non-hydrogen) atoms. The number of carbonyl (C=O) groups is 1. The summed E-state index contributed by atoms with van der Waals surface area (Å²) >= 11 is 0. The lowest BCUT2D eigenvalue weighted by Gasteiger charge is -2.34. The van der Waals surface area contributed by atoms with Crippen LogP contribution in [0.1, 0.15) is 53.0 Å². The van der Waals surface area contributed by atoms with Crippen molar-refractivity contribution in [3.63, 3.8) is 0 Å². The van der Waals surface area contributed by atoms with Gasteiger partial charge in [0.1, 0.15) is 5.60 Å². The summed E-state index contributed by atoms with van der Waals surface area (Å²) in [5.41, 5.74) is 1.62. The standard InChI is InChI=1S/C29H40N6O4/c1-20(2)14-17-34-23-24(32(6)28(38)35(25(23)36)18-15-21-11-8-7-9-12-21)31-26(34)33-16-10-13-22(19-33)30-27(37)39-29(3,4)5/h7-9,11-12,14,22H,10,13,15-19H2,1-6H3,(H,30,37)/t22-/m0/s1. The zero-order chi connectivity index (χ0) is 28.3. The molecule has 3 heterocycles. The predicted molar refractivity (Wildman–Crippen MR) is 153 cm³/mol. The highest BCUT2D eigenvalue weighted by Gasteiger charge is 2.29. The summed E-state index contributed by atoms with van der Waals surface area (Å²) in [5, 5.41) is 2.98. The maximum atomic E-state index is 13.8. The van der Waals surface area contributed by atoms with Crippen molar-refractivity contribution < 1.29 is 9.53 Å². The van der Waals surface area contributed by atoms with E-state index >= 15 is 0 Å². The number of imidazole rings is 1. The third kappa shape index (κ3) is 6.61. The zero-order valence-electron chi connectivity index (χ0n) is 23.9. The Morgan fingerprint density at radius 1 is 1.15 bits per heavy atom. The van der Waals surface area contributed by atoms with Gasteiger partial charge in [-0.25, -0.2) is 9.59 Å². The van der Waals surface area contributed by atoms with Crippen molar-refractivity contribution in [3.8, 4) is 0 Å². The van der Waals surface area contributed by atoms with E-state index in [9.17, 15) is 14.4 Å². The number of nitrogens with zero attached hydrogens (tertiary/aromatic N) is 5. The van der Waals surface area contributed by atoms with Crippen molar-refractivity contribution in [2.75, 3.05) is 18.0 Å². The second-order valence-electron chi connectivity index (χ2n) is 11.4. The minimum absolute atomic E-state index is 0.128. The lowest BCUT2D eigenvalue weighted by molar-refractivity contribution is 0.0499. The Bertz CT molecular complexity index is 1470. The number of benzene rings is 1. The smallest absolute Gasteiger partial charge is 0.407 e. The van der Waals surface area contributed by atoms with E-state index in [0.29, 0.717) is 36.6 Å². The monoisotopic (exact) mass is 536 g/mol. The number of aromatic nitrogens is 4. The average Bonchev–Trinajstić information content (AvgIpc) is 3.25. The van der Waals surface area contributed by atoms with E-state index < -0.39 is 11.7 Å². The van der Waals surface area contributed by atoms with Gasteiger partial charge >= 0.3 is 11.8 Å². The first-order valence-corrected chi connectivity index (χ1v) is 13.6. The molecular weight excluding hydrogens is 496 g/mol. The fourth-order valence-corrected chi connectivity index (χ4v) is 4.88. The van der Waals surface area contributed by atoms with Gasteiger partial charge in [0.25, 0.3) is 5.56 Å². The number of allylic oxidation sites excluding steroid dienone is 2. The van der Waals surface area contributed by atoms with E-state index in [1.807, 2.05) is 75.6 Å². The topological polar surface area (TPSA) is 103 Å². The SMILES string of the molecule is CC(C)=CCn1c(N2CCC[C@H](NC(=O)OC(C)(C)C)C2)nc2c1c(=O)n(CCc1ccccc1)c(=O)n2C. The number of alkyl carbamates (subject to hydrolysis) is 1. The normalized spacial score (nSPS) is 15.8. The maximum Gasteiger partial charge on any atom is 0.407 e. The first kappa shape index (κ1) is 28.2. The number of piperidine rings is 1. The fraction of sp³-hybridized carbons (Fsp3) is 0.517. The summed E-state index contributed by atoms with van der Waals surface area (Å²) in [6.07, 6.45) is 3.82. The van der Waals surface area contributed by atoms with Gasteiger partial charge in [0.05, 0.1) is 0 Å². The largest absolute Gasteiger partial charge is 0.444 e. The Kier molecular flexibility index (Phi) is 8.32. The Morgan fingerprint density at radius 2 is 1.87 bits per heavy atom. The number of hydrogen-bond acceptors (Lipinski definition) is 6. The van der Waals surface area contributed by atoms with Gasteiger partial charge in [0.2, 0.25) is 5.95 Å². The van der Waals surface area contributed by atoms with Crippen molar-refractivity contribution in [1.29, 1.82) is 0 Å². The number of carbonyl (C=O) groups excluding carboxylic acids is 1. The lowest BCUT2D eigenvalue weighted by atomic mass is 10.1. The first-order chi connectivity index (χ1) is 18.4. The van der Waals surface area contributed by atoms with E-state index in [2.05, 4.69) is 10.2 Å². The van der Waals surface area contributed by atoms with E-state index in [1.54, 1.807) is 7.05 Å². The Balaban J connectivity index is 1.72. The molecule has 4 rings (SSSR count). The van der Waals surface area contributed by atoms with Gasteiger partial charge in [-0.3, -0.25) is 13.9 Å². The van der Waals surface area contributed by atoms with Gasteiger partial charge in [-0.05, 0) is 59.4 Å². The van der Waals surface area contributed by atoms with Crippen molar-refractivity contribution >= 4 is 23.2 Å². The number of fused-ring (bicyclic) bond motifs is 1. The molecule has 1 aromatic carbocycles. The molecule has 1 atom stereocenters. The van der Waals surface area contributed by atoms with Gasteiger partial charge in [0.15, 0.2) is 11.2 Å². The zero-order valence-corrected chi connectivity index (χ0v) is 23.9. The number of anilines is 1. The number of nitrogens with one attached hydrogen (secondary N) is 1. The Morgan fingerprint density at radius 3 is 2.54 bits per heavy atom. The van der Waals surface area contributed by atoms with E-state index in [-0.39, 0.29) is 23.8 Å². The highest BCUT2D eigenvalue weighted by Crippen LogP contribution is 2.24. The summed E-state index contributed by atoms with van der Waals surface area (Å²) in [4.78, 5) is 46.4. The molecule has 1 N–H and O–H groups in total. The van der Waals surface area contributed by atoms with Gasteiger partial charge in [-0.2, -0.15) is 4.98 Å². The van der Waals surface area contributed by atoms with Crippen LogP contribution in [0.3, 0.4) is 0 Å². The quantitative estimate of drug-likeness (QED) is 0.463. The molecular formula is C29H40N6O4. The highest BCUT2D eigenvalue weighted by molar-refractivity contribution is 5.75. The number of hydrogen-bond donors (Lipinski definition) is 1. The van der Waals surface area contributed by atoms with Gasteiger partial charge in [-0.1, -0.05) is 42.0 Å². The van der Waals surface area contributed by atoms with Crippen molar-refractivity contribution in [3.05, 3.63) is 68.4 Å². The van der Waals surface area contributed by atoms with Gasteiger partial charge in [-0.15, -0.1) is 0 Å². The summed E-state index contributed by atoms with van der Waals surface area (Å²) in [5.74, 6) is 0.617. The first-order valence-electron chi connectivity index (χ1n) is 13.6. The van der Waals surface area contributed by atoms with Gasteiger partial charge < -0.3 is 19.5 Å². The molecule has 1 aliphatic heterocycles. The predicted octanol–water partition coefficient (Wildman–Crippen LogP) is 3.60. The third-order valence-electron chi connectivity index (χ3n) is 6.79. The van der Waals surface area contributed by atoms with E-state index in [1.165, 1.54) is 9.13 Å². The number of rotatable bonds is 7. The molecule has 1 amide bonds. The fourth-order valence-electron chi connectivity index (χ4n) is 4.88. The molecule has 0 bridgehead atoms. The summed E-state index contributed by atoms with van der Waals surface area (Å²) < 4.78 is 10.1. The van der Waals surface area contributed by atoms with Crippen LogP contribution in [-0.2, 0) is 31.3 Å². The average molecular weight is 537 g/mol. The Hall–Kier alpha value is -3.82. The van der Waals surface area contributed by atoms with Crippen LogP contribution in [0.5, 0.6) is 0 Å². The molecule has 210 valence electrons. The lowest BCUT2D eigenvalue weighted by Crippen LogP contribution is -2.49. The van der Waals surface area contributed by atoms with Crippen molar-refractivity contribution in [2.24, 2.45) is 7.05 Å². The van der Waals surface area contributed by atoms with E-state index in [4.69, 9.17) is 9.72 Å². The molecule has 1 fully saturated rings. The van der Waals surface area contributed by atoms with Crippen LogP contribution in [0.2, 0.25) is 0 Å². The van der Waals surface area contributed by atoms with Crippen molar-refractivity contribution in [2.45, 2.75) is 78.6 Å². The number of aryl methyl sites for hydroxylation is 2. The van der Waals surface area contributed by atoms with Gasteiger partial charge in [0, 0.05) is 39.3 Å². The summed E-state index contributed by atoms with van der Waals surface area (Å²) in [6, 6.07) is 9.69. The molecule has 3 aromatic rings. The van der Waals surface area contributed by atoms with Crippen LogP contribution < -0.4 is 21.5 Å². The molecule has 0 aliphatic carbocycles. The third-order valence-corrected chi connectivity index (χ3v) is 6.79. The van der Waals surface area contributed by atoms with E-state index in [0.717, 1.165) is 30.5 Å². The molecule has 1 aliphatic rings. The Labute approximate surface area is 228 Å². The van der Waals surface area contributed by atoms with Crippen LogP contribution in [0.15, 0.2) is 51.6 Å². The molecule has 2 aromatic heterocycles. The molecule has 1 saturated heterocycles. The highest BCUT2D eigenvalue weighted by atomic mass is 16.6. The second kappa shape index (κ2) is 11.5. The molecule has 0 spiro atoms.